The van der Waals surface area contributed by atoms with Gasteiger partial charge in [-0.15, -0.1) is 11.8 Å². The first kappa shape index (κ1) is 33.7. The number of carbonyl (C=O) groups is 4. The van der Waals surface area contributed by atoms with Crippen molar-refractivity contribution in [3.05, 3.63) is 132 Å². The zero-order valence-corrected chi connectivity index (χ0v) is 27.4. The minimum absolute atomic E-state index is 0.0691. The van der Waals surface area contributed by atoms with Crippen LogP contribution in [-0.4, -0.2) is 40.5 Å². The van der Waals surface area contributed by atoms with Gasteiger partial charge in [-0.25, -0.2) is 4.79 Å². The Morgan fingerprint density at radius 2 is 1.58 bits per heavy atom. The molecule has 4 aromatic carbocycles. The van der Waals surface area contributed by atoms with E-state index < -0.39 is 23.0 Å². The van der Waals surface area contributed by atoms with Crippen LogP contribution >= 0.6 is 11.8 Å². The van der Waals surface area contributed by atoms with E-state index in [-0.39, 0.29) is 11.6 Å². The van der Waals surface area contributed by atoms with Gasteiger partial charge in [0, 0.05) is 44.5 Å². The van der Waals surface area contributed by atoms with Crippen LogP contribution in [-0.2, 0) is 14.3 Å². The number of thioether (sulfide) groups is 1. The first-order valence-corrected chi connectivity index (χ1v) is 16.5. The minimum Gasteiger partial charge on any atom is -0.462 e. The summed E-state index contributed by atoms with van der Waals surface area (Å²) in [6, 6.07) is 30.1. The van der Waals surface area contributed by atoms with Crippen LogP contribution in [0.4, 0.5) is 11.4 Å². The summed E-state index contributed by atoms with van der Waals surface area (Å²) in [4.78, 5) is 55.8. The molecule has 48 heavy (non-hydrogen) atoms. The van der Waals surface area contributed by atoms with Gasteiger partial charge < -0.3 is 25.7 Å². The molecule has 1 atom stereocenters. The lowest BCUT2D eigenvalue weighted by Gasteiger charge is -2.14. The molecule has 0 saturated carbocycles. The third-order valence-corrected chi connectivity index (χ3v) is 8.44. The molecule has 0 saturated heterocycles. The van der Waals surface area contributed by atoms with Gasteiger partial charge in [-0.3, -0.25) is 14.4 Å². The molecule has 244 valence electrons. The predicted octanol–water partition coefficient (Wildman–Crippen LogP) is 7.65. The third kappa shape index (κ3) is 9.01. The summed E-state index contributed by atoms with van der Waals surface area (Å²) >= 11 is 1.33. The maximum absolute atomic E-state index is 13.6. The molecule has 4 N–H and O–H groups in total. The van der Waals surface area contributed by atoms with Crippen molar-refractivity contribution in [2.24, 2.45) is 0 Å². The molecule has 0 aliphatic heterocycles. The highest BCUT2D eigenvalue weighted by atomic mass is 32.2. The van der Waals surface area contributed by atoms with Gasteiger partial charge in [-0.05, 0) is 80.1 Å². The van der Waals surface area contributed by atoms with Gasteiger partial charge in [0.2, 0.25) is 5.91 Å². The highest BCUT2D eigenvalue weighted by molar-refractivity contribution is 8.00. The van der Waals surface area contributed by atoms with E-state index in [0.717, 1.165) is 34.2 Å². The zero-order chi connectivity index (χ0) is 33.9. The fourth-order valence-corrected chi connectivity index (χ4v) is 5.67. The molecule has 10 heteroatoms. The molecule has 5 aromatic rings. The van der Waals surface area contributed by atoms with Crippen molar-refractivity contribution < 1.29 is 23.9 Å². The summed E-state index contributed by atoms with van der Waals surface area (Å²) < 4.78 is 5.24. The second-order valence-corrected chi connectivity index (χ2v) is 12.4. The fraction of sp³-hybridized carbons (Fsp3) is 0.158. The number of fused-ring (bicyclic) bond motifs is 1. The Bertz CT molecular complexity index is 1940. The van der Waals surface area contributed by atoms with Crippen LogP contribution in [0.2, 0.25) is 0 Å². The molecular formula is C38H36N4O5S. The minimum atomic E-state index is -0.504. The van der Waals surface area contributed by atoms with E-state index in [2.05, 4.69) is 20.9 Å². The average Bonchev–Trinajstić information content (AvgIpc) is 3.51. The Hall–Kier alpha value is -5.61. The van der Waals surface area contributed by atoms with Crippen LogP contribution in [0.15, 0.2) is 120 Å². The van der Waals surface area contributed by atoms with Gasteiger partial charge in [-0.2, -0.15) is 0 Å². The zero-order valence-electron chi connectivity index (χ0n) is 26.6. The Morgan fingerprint density at radius 3 is 2.35 bits per heavy atom. The number of benzene rings is 4. The van der Waals surface area contributed by atoms with Crippen LogP contribution in [0.5, 0.6) is 0 Å². The van der Waals surface area contributed by atoms with Crippen molar-refractivity contribution in [1.82, 2.24) is 10.3 Å². The Morgan fingerprint density at radius 1 is 0.833 bits per heavy atom. The molecular weight excluding hydrogens is 625 g/mol. The summed E-state index contributed by atoms with van der Waals surface area (Å²) in [5.41, 5.74) is 3.62. The number of rotatable bonds is 13. The van der Waals surface area contributed by atoms with E-state index >= 15 is 0 Å². The van der Waals surface area contributed by atoms with Crippen LogP contribution in [0, 0.1) is 0 Å². The maximum Gasteiger partial charge on any atom is 0.338 e. The van der Waals surface area contributed by atoms with Gasteiger partial charge in [-0.1, -0.05) is 55.8 Å². The number of amides is 3. The maximum atomic E-state index is 13.6. The molecule has 0 aliphatic carbocycles. The lowest BCUT2D eigenvalue weighted by molar-refractivity contribution is -0.115. The predicted molar refractivity (Wildman–Crippen MR) is 191 cm³/mol. The van der Waals surface area contributed by atoms with Crippen molar-refractivity contribution >= 4 is 63.8 Å². The van der Waals surface area contributed by atoms with Gasteiger partial charge in [0.25, 0.3) is 11.8 Å². The van der Waals surface area contributed by atoms with Gasteiger partial charge >= 0.3 is 5.97 Å². The van der Waals surface area contributed by atoms with Crippen LogP contribution in [0.3, 0.4) is 0 Å². The molecule has 0 bridgehead atoms. The number of hydrogen-bond acceptors (Lipinski definition) is 6. The number of hydrogen-bond donors (Lipinski definition) is 4. The number of aromatic nitrogens is 1. The van der Waals surface area contributed by atoms with Crippen molar-refractivity contribution in [3.8, 4) is 0 Å². The van der Waals surface area contributed by atoms with Gasteiger partial charge in [0.05, 0.1) is 17.4 Å². The highest BCUT2D eigenvalue weighted by Gasteiger charge is 2.18. The number of carbonyl (C=O) groups excluding carboxylic acids is 4. The normalized spacial score (nSPS) is 11.8. The largest absolute Gasteiger partial charge is 0.462 e. The standard InChI is InChI=1S/C38H36N4O5S/c1-3-4-21-47-38(46)27-17-19-29(20-18-27)40-35(43)25(2)48-31-14-10-13-30(23-31)41-37(45)34(42-36(44)26-11-6-5-7-12-26)22-28-24-39-33-16-9-8-15-32(28)33/h5-20,22-25,39H,3-4,21H2,1-2H3,(H,40,43)(H,41,45)(H,42,44)/b34-22-. The van der Waals surface area contributed by atoms with E-state index in [9.17, 15) is 19.2 Å². The number of esters is 1. The molecule has 5 rings (SSSR count). The Labute approximate surface area is 283 Å². The summed E-state index contributed by atoms with van der Waals surface area (Å²) in [5, 5.41) is 8.97. The fourth-order valence-electron chi connectivity index (χ4n) is 4.74. The third-order valence-electron chi connectivity index (χ3n) is 7.34. The van der Waals surface area contributed by atoms with E-state index in [1.807, 2.05) is 43.3 Å². The summed E-state index contributed by atoms with van der Waals surface area (Å²) in [6.07, 6.45) is 5.17. The van der Waals surface area contributed by atoms with Crippen molar-refractivity contribution in [1.29, 1.82) is 0 Å². The van der Waals surface area contributed by atoms with E-state index in [0.29, 0.717) is 29.1 Å². The molecule has 0 aliphatic rings. The van der Waals surface area contributed by atoms with E-state index in [4.69, 9.17) is 4.74 Å². The molecule has 0 fully saturated rings. The lowest BCUT2D eigenvalue weighted by Crippen LogP contribution is -2.30. The van der Waals surface area contributed by atoms with Crippen molar-refractivity contribution in [3.63, 3.8) is 0 Å². The SMILES string of the molecule is CCCCOC(=O)c1ccc(NC(=O)C(C)Sc2cccc(NC(=O)/C(=C/c3c[nH]c4ccccc34)NC(=O)c3ccccc3)c2)cc1. The lowest BCUT2D eigenvalue weighted by atomic mass is 10.1. The average molecular weight is 661 g/mol. The van der Waals surface area contributed by atoms with Crippen LogP contribution < -0.4 is 16.0 Å². The number of nitrogens with one attached hydrogen (secondary N) is 4. The quantitative estimate of drug-likeness (QED) is 0.0444. The molecule has 3 amide bonds. The second kappa shape index (κ2) is 16.3. The molecule has 0 radical (unpaired) electrons. The smallest absolute Gasteiger partial charge is 0.338 e. The van der Waals surface area contributed by atoms with E-state index in [1.54, 1.807) is 85.9 Å². The summed E-state index contributed by atoms with van der Waals surface area (Å²) in [6.45, 7) is 4.18. The van der Waals surface area contributed by atoms with Crippen LogP contribution in [0.1, 0.15) is 53.0 Å². The Kier molecular flexibility index (Phi) is 11.4. The molecule has 9 nitrogen and oxygen atoms in total. The number of anilines is 2. The van der Waals surface area contributed by atoms with Gasteiger partial charge in [0.15, 0.2) is 0 Å². The monoisotopic (exact) mass is 660 g/mol. The molecule has 0 spiro atoms. The van der Waals surface area contributed by atoms with E-state index in [1.165, 1.54) is 11.8 Å². The van der Waals surface area contributed by atoms with Crippen molar-refractivity contribution in [2.75, 3.05) is 17.2 Å². The number of aromatic amines is 1. The number of para-hydroxylation sites is 1. The number of ether oxygens (including phenoxy) is 1. The van der Waals surface area contributed by atoms with Gasteiger partial charge in [0.1, 0.15) is 5.70 Å². The van der Waals surface area contributed by atoms with Crippen LogP contribution in [0.25, 0.3) is 17.0 Å². The number of H-pyrrole nitrogens is 1. The van der Waals surface area contributed by atoms with Crippen molar-refractivity contribution in [2.45, 2.75) is 36.8 Å². The first-order chi connectivity index (χ1) is 23.3. The Balaban J connectivity index is 1.25. The molecule has 1 heterocycles. The topological polar surface area (TPSA) is 129 Å². The summed E-state index contributed by atoms with van der Waals surface area (Å²) in [7, 11) is 0. The second-order valence-electron chi connectivity index (χ2n) is 11.0. The first-order valence-electron chi connectivity index (χ1n) is 15.6. The molecule has 1 unspecified atom stereocenters. The highest BCUT2D eigenvalue weighted by Crippen LogP contribution is 2.27. The number of unbranched alkanes of at least 4 members (excludes halogenated alkanes) is 1. The summed E-state index contributed by atoms with van der Waals surface area (Å²) in [5.74, 6) is -1.53. The molecule has 1 aromatic heterocycles.